The molecule has 0 saturated carbocycles. The minimum Gasteiger partial charge on any atom is -0.506 e. The van der Waals surface area contributed by atoms with Crippen molar-refractivity contribution < 1.29 is 19.6 Å². The van der Waals surface area contributed by atoms with Crippen LogP contribution in [0.4, 0.5) is 11.4 Å². The fourth-order valence-corrected chi connectivity index (χ4v) is 2.90. The van der Waals surface area contributed by atoms with E-state index in [1.165, 1.54) is 0 Å². The molecule has 3 rings (SSSR count). The molecule has 0 aliphatic carbocycles. The van der Waals surface area contributed by atoms with Crippen LogP contribution in [0.15, 0.2) is 72.8 Å². The number of carbonyl (C=O) groups is 2. The van der Waals surface area contributed by atoms with Crippen molar-refractivity contribution in [1.82, 2.24) is 5.32 Å². The minimum absolute atomic E-state index is 0.0473. The van der Waals surface area contributed by atoms with E-state index in [0.717, 1.165) is 29.3 Å². The Labute approximate surface area is 178 Å². The Morgan fingerprint density at radius 1 is 0.935 bits per heavy atom. The average molecular weight is 419 g/mol. The number of nitro groups is 1. The first-order valence-corrected chi connectivity index (χ1v) is 9.60. The minimum atomic E-state index is -0.613. The Bertz CT molecular complexity index is 1080. The summed E-state index contributed by atoms with van der Waals surface area (Å²) in [4.78, 5) is 34.7. The predicted molar refractivity (Wildman–Crippen MR) is 116 cm³/mol. The molecule has 2 amide bonds. The van der Waals surface area contributed by atoms with Crippen molar-refractivity contribution in [3.05, 3.63) is 99.6 Å². The van der Waals surface area contributed by atoms with Crippen LogP contribution >= 0.6 is 0 Å². The number of aromatic hydroxyl groups is 1. The van der Waals surface area contributed by atoms with Crippen LogP contribution in [-0.4, -0.2) is 21.8 Å². The van der Waals surface area contributed by atoms with Crippen LogP contribution in [0, 0.1) is 10.1 Å². The molecule has 0 bridgehead atoms. The highest BCUT2D eigenvalue weighted by molar-refractivity contribution is 6.05. The summed E-state index contributed by atoms with van der Waals surface area (Å²) < 4.78 is 0. The van der Waals surface area contributed by atoms with Gasteiger partial charge in [0.05, 0.1) is 10.6 Å². The lowest BCUT2D eigenvalue weighted by molar-refractivity contribution is -0.384. The van der Waals surface area contributed by atoms with E-state index >= 15 is 0 Å². The smallest absolute Gasteiger partial charge is 0.271 e. The predicted octanol–water partition coefficient (Wildman–Crippen LogP) is 3.80. The second-order valence-electron chi connectivity index (χ2n) is 6.87. The fourth-order valence-electron chi connectivity index (χ4n) is 2.90. The van der Waals surface area contributed by atoms with Crippen molar-refractivity contribution in [1.29, 1.82) is 0 Å². The number of phenolic OH excluding ortho intramolecular Hbond substituents is 1. The number of benzene rings is 3. The third kappa shape index (κ3) is 6.14. The number of amides is 2. The van der Waals surface area contributed by atoms with Crippen LogP contribution < -0.4 is 10.6 Å². The van der Waals surface area contributed by atoms with E-state index in [1.54, 1.807) is 24.3 Å². The lowest BCUT2D eigenvalue weighted by Gasteiger charge is -2.09. The van der Waals surface area contributed by atoms with Gasteiger partial charge in [0.15, 0.2) is 0 Å². The van der Waals surface area contributed by atoms with Gasteiger partial charge in [-0.2, -0.15) is 0 Å². The van der Waals surface area contributed by atoms with Crippen molar-refractivity contribution in [2.45, 2.75) is 19.4 Å². The number of carbonyl (C=O) groups excluding carboxylic acids is 2. The highest BCUT2D eigenvalue weighted by Gasteiger charge is 2.14. The third-order valence-electron chi connectivity index (χ3n) is 4.63. The van der Waals surface area contributed by atoms with Crippen LogP contribution in [0.3, 0.4) is 0 Å². The van der Waals surface area contributed by atoms with Gasteiger partial charge in [0.1, 0.15) is 5.75 Å². The first-order valence-electron chi connectivity index (χ1n) is 9.60. The van der Waals surface area contributed by atoms with Crippen molar-refractivity contribution >= 4 is 23.2 Å². The molecule has 158 valence electrons. The van der Waals surface area contributed by atoms with Crippen molar-refractivity contribution in [2.75, 3.05) is 5.32 Å². The third-order valence-corrected chi connectivity index (χ3v) is 4.63. The highest BCUT2D eigenvalue weighted by Crippen LogP contribution is 2.28. The molecule has 0 atom stereocenters. The van der Waals surface area contributed by atoms with Gasteiger partial charge in [-0.15, -0.1) is 0 Å². The van der Waals surface area contributed by atoms with Gasteiger partial charge in [-0.25, -0.2) is 0 Å². The Hall–Kier alpha value is -4.20. The number of nitro benzene ring substituents is 1. The zero-order valence-electron chi connectivity index (χ0n) is 16.6. The Morgan fingerprint density at radius 3 is 2.32 bits per heavy atom. The zero-order chi connectivity index (χ0) is 22.2. The molecular formula is C23H21N3O5. The number of hydrogen-bond donors (Lipinski definition) is 3. The van der Waals surface area contributed by atoms with Crippen LogP contribution in [0.5, 0.6) is 5.75 Å². The molecule has 8 heteroatoms. The molecule has 3 aromatic carbocycles. The monoisotopic (exact) mass is 419 g/mol. The molecule has 0 radical (unpaired) electrons. The molecule has 3 N–H and O–H groups in total. The molecule has 0 fully saturated rings. The maximum absolute atomic E-state index is 12.4. The van der Waals surface area contributed by atoms with Gasteiger partial charge in [0, 0.05) is 30.7 Å². The van der Waals surface area contributed by atoms with Gasteiger partial charge >= 0.3 is 0 Å². The molecule has 0 saturated heterocycles. The SMILES string of the molecule is O=C(CCc1ccccc1)NCc1ccc(C(=O)Nc2cc([N+](=O)[O-])ccc2O)cc1. The number of nitrogens with zero attached hydrogens (tertiary/aromatic N) is 1. The van der Waals surface area contributed by atoms with E-state index in [9.17, 15) is 24.8 Å². The molecule has 0 aliphatic rings. The average Bonchev–Trinajstić information content (AvgIpc) is 2.78. The van der Waals surface area contributed by atoms with Crippen LogP contribution in [0.25, 0.3) is 0 Å². The Kier molecular flexibility index (Phi) is 6.95. The normalized spacial score (nSPS) is 10.3. The molecular weight excluding hydrogens is 398 g/mol. The second kappa shape index (κ2) is 10.0. The lowest BCUT2D eigenvalue weighted by atomic mass is 10.1. The number of rotatable bonds is 8. The fraction of sp³-hybridized carbons (Fsp3) is 0.130. The summed E-state index contributed by atoms with van der Waals surface area (Å²) in [6.45, 7) is 0.335. The van der Waals surface area contributed by atoms with Gasteiger partial charge in [-0.05, 0) is 35.7 Å². The molecule has 0 aromatic heterocycles. The van der Waals surface area contributed by atoms with Crippen LogP contribution in [0.2, 0.25) is 0 Å². The van der Waals surface area contributed by atoms with Gasteiger partial charge < -0.3 is 15.7 Å². The molecule has 0 aliphatic heterocycles. The van der Waals surface area contributed by atoms with Gasteiger partial charge in [0.25, 0.3) is 11.6 Å². The van der Waals surface area contributed by atoms with Gasteiger partial charge in [-0.1, -0.05) is 42.5 Å². The van der Waals surface area contributed by atoms with Gasteiger partial charge in [0.2, 0.25) is 5.91 Å². The first-order chi connectivity index (χ1) is 14.9. The summed E-state index contributed by atoms with van der Waals surface area (Å²) in [5.74, 6) is -0.852. The van der Waals surface area contributed by atoms with E-state index in [1.807, 2.05) is 30.3 Å². The maximum Gasteiger partial charge on any atom is 0.271 e. The van der Waals surface area contributed by atoms with E-state index in [0.29, 0.717) is 24.9 Å². The van der Waals surface area contributed by atoms with Crippen molar-refractivity contribution in [2.24, 2.45) is 0 Å². The molecule has 0 heterocycles. The summed E-state index contributed by atoms with van der Waals surface area (Å²) >= 11 is 0. The number of anilines is 1. The zero-order valence-corrected chi connectivity index (χ0v) is 16.6. The first kappa shape index (κ1) is 21.5. The summed E-state index contributed by atoms with van der Waals surface area (Å²) in [5.41, 5.74) is 1.94. The Balaban J connectivity index is 1.52. The second-order valence-corrected chi connectivity index (χ2v) is 6.87. The van der Waals surface area contributed by atoms with E-state index in [4.69, 9.17) is 0 Å². The largest absolute Gasteiger partial charge is 0.506 e. The molecule has 8 nitrogen and oxygen atoms in total. The summed E-state index contributed by atoms with van der Waals surface area (Å²) in [6.07, 6.45) is 1.05. The summed E-state index contributed by atoms with van der Waals surface area (Å²) in [6, 6.07) is 19.7. The number of nitrogens with one attached hydrogen (secondary N) is 2. The number of hydrogen-bond acceptors (Lipinski definition) is 5. The van der Waals surface area contributed by atoms with Crippen molar-refractivity contribution in [3.8, 4) is 5.75 Å². The molecule has 31 heavy (non-hydrogen) atoms. The number of non-ortho nitro benzene ring substituents is 1. The van der Waals surface area contributed by atoms with E-state index in [-0.39, 0.29) is 23.0 Å². The number of phenols is 1. The molecule has 3 aromatic rings. The highest BCUT2D eigenvalue weighted by atomic mass is 16.6. The lowest BCUT2D eigenvalue weighted by Crippen LogP contribution is -2.23. The van der Waals surface area contributed by atoms with E-state index in [2.05, 4.69) is 10.6 Å². The summed E-state index contributed by atoms with van der Waals surface area (Å²) in [7, 11) is 0. The summed E-state index contributed by atoms with van der Waals surface area (Å²) in [5, 5.41) is 26.0. The number of aryl methyl sites for hydroxylation is 1. The molecule has 0 unspecified atom stereocenters. The van der Waals surface area contributed by atoms with Crippen LogP contribution in [-0.2, 0) is 17.8 Å². The van der Waals surface area contributed by atoms with Gasteiger partial charge in [-0.3, -0.25) is 19.7 Å². The Morgan fingerprint density at radius 2 is 1.65 bits per heavy atom. The van der Waals surface area contributed by atoms with Crippen LogP contribution in [0.1, 0.15) is 27.9 Å². The quantitative estimate of drug-likeness (QED) is 0.291. The maximum atomic E-state index is 12.4. The van der Waals surface area contributed by atoms with E-state index < -0.39 is 10.8 Å². The van der Waals surface area contributed by atoms with Crippen molar-refractivity contribution in [3.63, 3.8) is 0 Å². The standard InChI is InChI=1S/C23H21N3O5/c27-21-12-11-19(26(30)31)14-20(21)25-23(29)18-9-6-17(7-10-18)15-24-22(28)13-8-16-4-2-1-3-5-16/h1-7,9-12,14,27H,8,13,15H2,(H,24,28)(H,25,29). The molecule has 0 spiro atoms. The topological polar surface area (TPSA) is 122 Å².